The fourth-order valence-electron chi connectivity index (χ4n) is 13.9. The second kappa shape index (κ2) is 24.1. The number of benzene rings is 13. The topological polar surface area (TPSA) is 39.1 Å². The van der Waals surface area contributed by atoms with Crippen molar-refractivity contribution >= 4 is 68.3 Å². The van der Waals surface area contributed by atoms with Crippen LogP contribution in [0.4, 0.5) is 17.1 Å². The quantitative estimate of drug-likeness (QED) is 0.0695. The van der Waals surface area contributed by atoms with Gasteiger partial charge >= 0.3 is 0 Å². The fourth-order valence-corrected chi connectivity index (χ4v) is 16.9. The standard InChI is InChI=1S/C86H59N5OSi.Pt/c1-93(2)83-43-21-19-41-80(83)90(81-42-20-22-44-84(81)93)70-47-48-87-85(56-70)91-77-38-16-15-35-75(77)76-46-45-72(57-82(76)91)92-71-34-23-33-69(55-71)88-58-89(79-40-18-17-39-78(79)88)86-73(67-51-63(59-25-7-3-8-26-59)49-64(52-67)60-27-9-4-10-28-60)36-24-37-74(86)68-53-65(61-29-11-5-12-30-61)50-66(54-68)62-31-13-6-14-32-62;/h3-54,56H,1-2H3;/q-2;. The Morgan fingerprint density at radius 1 is 0.394 bits per heavy atom. The molecular weight excluding hydrogens is 1340 g/mol. The van der Waals surface area contributed by atoms with E-state index >= 15 is 0 Å². The molecule has 16 aromatic rings. The van der Waals surface area contributed by atoms with Crippen LogP contribution in [0.2, 0.25) is 13.1 Å². The van der Waals surface area contributed by atoms with Crippen molar-refractivity contribution in [3.8, 4) is 95.5 Å². The maximum Gasteiger partial charge on any atom is 0.268 e. The molecule has 0 N–H and O–H groups in total. The Morgan fingerprint density at radius 2 is 0.872 bits per heavy atom. The van der Waals surface area contributed by atoms with Crippen molar-refractivity contribution in [2.45, 2.75) is 13.1 Å². The van der Waals surface area contributed by atoms with Crippen LogP contribution in [0.5, 0.6) is 11.5 Å². The second-order valence-electron chi connectivity index (χ2n) is 24.3. The van der Waals surface area contributed by atoms with Crippen molar-refractivity contribution in [3.63, 3.8) is 0 Å². The van der Waals surface area contributed by atoms with E-state index in [-0.39, 0.29) is 21.1 Å². The van der Waals surface area contributed by atoms with Gasteiger partial charge in [0.05, 0.1) is 22.4 Å². The Hall–Kier alpha value is -11.2. The average Bonchev–Trinajstić information content (AvgIpc) is 1.05. The van der Waals surface area contributed by atoms with Gasteiger partial charge in [0.25, 0.3) is 6.33 Å². The van der Waals surface area contributed by atoms with Crippen LogP contribution in [0.3, 0.4) is 0 Å². The molecule has 0 amide bonds. The minimum Gasteiger partial charge on any atom is -0.510 e. The maximum absolute atomic E-state index is 6.92. The van der Waals surface area contributed by atoms with Crippen molar-refractivity contribution in [3.05, 3.63) is 340 Å². The molecule has 13 aromatic carbocycles. The monoisotopic (exact) mass is 1400 g/mol. The summed E-state index contributed by atoms with van der Waals surface area (Å²) in [5.74, 6) is 1.88. The molecule has 0 aliphatic carbocycles. The molecule has 0 radical (unpaired) electrons. The maximum atomic E-state index is 6.92. The Bertz CT molecular complexity index is 5220. The van der Waals surface area contributed by atoms with Gasteiger partial charge in [-0.2, -0.15) is 18.2 Å². The number of pyridine rings is 1. The van der Waals surface area contributed by atoms with Gasteiger partial charge in [-0.3, -0.25) is 4.57 Å². The molecule has 0 unspecified atom stereocenters. The van der Waals surface area contributed by atoms with Crippen LogP contribution in [0.15, 0.2) is 322 Å². The van der Waals surface area contributed by atoms with Crippen LogP contribution >= 0.6 is 0 Å². The zero-order valence-corrected chi connectivity index (χ0v) is 54.8. The van der Waals surface area contributed by atoms with Crippen LogP contribution in [-0.2, 0) is 21.1 Å². The average molecular weight is 1400 g/mol. The molecule has 0 fully saturated rings. The number of rotatable bonds is 12. The van der Waals surface area contributed by atoms with Gasteiger partial charge in [0.2, 0.25) is 0 Å². The predicted molar refractivity (Wildman–Crippen MR) is 384 cm³/mol. The third kappa shape index (κ3) is 10.3. The predicted octanol–water partition coefficient (Wildman–Crippen LogP) is 20.2. The first-order chi connectivity index (χ1) is 45.9. The van der Waals surface area contributed by atoms with Crippen LogP contribution in [-0.4, -0.2) is 22.2 Å². The number of hydrogen-bond donors (Lipinski definition) is 0. The number of aromatic nitrogens is 4. The summed E-state index contributed by atoms with van der Waals surface area (Å²) >= 11 is 0. The van der Waals surface area contributed by atoms with Crippen molar-refractivity contribution < 1.29 is 30.4 Å². The molecule has 17 rings (SSSR count). The number of nitrogens with zero attached hydrogens (tertiary/aromatic N) is 5. The molecule has 450 valence electrons. The van der Waals surface area contributed by atoms with E-state index in [0.717, 1.165) is 122 Å². The minimum absolute atomic E-state index is 0. The van der Waals surface area contributed by atoms with Gasteiger partial charge in [-0.25, -0.2) is 4.98 Å². The first-order valence-corrected chi connectivity index (χ1v) is 34.6. The molecule has 1 aliphatic heterocycles. The molecule has 3 aromatic heterocycles. The van der Waals surface area contributed by atoms with Gasteiger partial charge in [-0.1, -0.05) is 237 Å². The molecule has 94 heavy (non-hydrogen) atoms. The van der Waals surface area contributed by atoms with Gasteiger partial charge in [0.15, 0.2) is 0 Å². The van der Waals surface area contributed by atoms with E-state index in [9.17, 15) is 0 Å². The Morgan fingerprint density at radius 3 is 1.45 bits per heavy atom. The van der Waals surface area contributed by atoms with Crippen LogP contribution in [0.25, 0.3) is 117 Å². The number of fused-ring (bicyclic) bond motifs is 6. The van der Waals surface area contributed by atoms with Crippen LogP contribution in [0.1, 0.15) is 0 Å². The van der Waals surface area contributed by atoms with Crippen molar-refractivity contribution in [1.82, 2.24) is 14.1 Å². The molecule has 8 heteroatoms. The first-order valence-electron chi connectivity index (χ1n) is 31.6. The van der Waals surface area contributed by atoms with E-state index in [1.165, 1.54) is 21.7 Å². The third-order valence-corrected chi connectivity index (χ3v) is 21.9. The molecule has 6 nitrogen and oxygen atoms in total. The van der Waals surface area contributed by atoms with E-state index in [1.807, 2.05) is 24.4 Å². The number of imidazole rings is 1. The van der Waals surface area contributed by atoms with Gasteiger partial charge in [-0.05, 0) is 149 Å². The van der Waals surface area contributed by atoms with Crippen LogP contribution in [0, 0.1) is 18.5 Å². The first kappa shape index (κ1) is 57.9. The van der Waals surface area contributed by atoms with Crippen LogP contribution < -0.4 is 24.6 Å². The molecule has 0 bridgehead atoms. The van der Waals surface area contributed by atoms with Gasteiger partial charge in [0, 0.05) is 61.7 Å². The normalized spacial score (nSPS) is 12.3. The van der Waals surface area contributed by atoms with Crippen molar-refractivity contribution in [1.29, 1.82) is 0 Å². The Labute approximate surface area is 562 Å². The Kier molecular flexibility index (Phi) is 14.9. The zero-order chi connectivity index (χ0) is 62.0. The SMILES string of the molecule is C[Si]1(C)c2ccccc2N(c2ccnc(-n3c4[c-]c(Oc5[c-]c(-n6[c-][n+](-c7c(-c8cc(-c9ccccc9)cc(-c9ccccc9)c8)cccc7-c7cc(-c8ccccc8)cc(-c8ccccc8)c7)c7ccccc76)ccc5)ccc4c4ccccc43)c2)c2ccccc21.[Pt]. The summed E-state index contributed by atoms with van der Waals surface area (Å²) in [4.78, 5) is 7.51. The second-order valence-corrected chi connectivity index (χ2v) is 28.7. The molecular formula is C86H59N5OPtSi-2. The van der Waals surface area contributed by atoms with E-state index in [0.29, 0.717) is 11.5 Å². The summed E-state index contributed by atoms with van der Waals surface area (Å²) in [6, 6.07) is 120. The molecule has 0 atom stereocenters. The van der Waals surface area contributed by atoms with E-state index < -0.39 is 8.07 Å². The van der Waals surface area contributed by atoms with Gasteiger partial charge in [-0.15, -0.1) is 29.7 Å². The smallest absolute Gasteiger partial charge is 0.268 e. The number of ether oxygens (including phenoxy) is 1. The van der Waals surface area contributed by atoms with Crippen molar-refractivity contribution in [2.75, 3.05) is 4.90 Å². The molecule has 1 aliphatic rings. The number of anilines is 3. The molecule has 0 saturated carbocycles. The number of para-hydroxylation sites is 6. The minimum atomic E-state index is -1.99. The van der Waals surface area contributed by atoms with E-state index in [4.69, 9.17) is 9.72 Å². The van der Waals surface area contributed by atoms with E-state index in [1.54, 1.807) is 0 Å². The van der Waals surface area contributed by atoms with Crippen molar-refractivity contribution in [2.24, 2.45) is 0 Å². The summed E-state index contributed by atoms with van der Waals surface area (Å²) in [6.07, 6.45) is 5.88. The molecule has 0 saturated heterocycles. The number of hydrogen-bond acceptors (Lipinski definition) is 3. The largest absolute Gasteiger partial charge is 0.510 e. The summed E-state index contributed by atoms with van der Waals surface area (Å²) < 4.78 is 13.5. The summed E-state index contributed by atoms with van der Waals surface area (Å²) in [5, 5.41) is 4.97. The van der Waals surface area contributed by atoms with Gasteiger partial charge in [0.1, 0.15) is 13.9 Å². The Balaban J connectivity index is 0.00000699. The summed E-state index contributed by atoms with van der Waals surface area (Å²) in [7, 11) is -1.99. The summed E-state index contributed by atoms with van der Waals surface area (Å²) in [5.41, 5.74) is 22.4. The van der Waals surface area contributed by atoms with Gasteiger partial charge < -0.3 is 18.8 Å². The molecule has 0 spiro atoms. The third-order valence-electron chi connectivity index (χ3n) is 18.4. The van der Waals surface area contributed by atoms with E-state index in [2.05, 4.69) is 347 Å². The zero-order valence-electron chi connectivity index (χ0n) is 51.6. The fraction of sp³-hybridized carbons (Fsp3) is 0.0233. The summed E-state index contributed by atoms with van der Waals surface area (Å²) in [6.45, 7) is 4.91. The molecule has 4 heterocycles.